The summed E-state index contributed by atoms with van der Waals surface area (Å²) in [5, 5.41) is 12.0. The van der Waals surface area contributed by atoms with Crippen LogP contribution in [0.15, 0.2) is 54.1 Å². The lowest BCUT2D eigenvalue weighted by Crippen LogP contribution is -2.29. The third-order valence-corrected chi connectivity index (χ3v) is 8.55. The van der Waals surface area contributed by atoms with Crippen LogP contribution in [-0.4, -0.2) is 48.7 Å². The number of fused-ring (bicyclic) bond motifs is 2. The van der Waals surface area contributed by atoms with E-state index in [0.717, 1.165) is 34.2 Å². The van der Waals surface area contributed by atoms with Crippen molar-refractivity contribution < 1.29 is 33.6 Å². The number of hydrogen-bond acceptors (Lipinski definition) is 9. The molecule has 1 amide bonds. The molecule has 1 fully saturated rings. The van der Waals surface area contributed by atoms with Gasteiger partial charge in [0, 0.05) is 5.56 Å². The van der Waals surface area contributed by atoms with E-state index in [9.17, 15) is 14.7 Å². The smallest absolute Gasteiger partial charge is 0.301 e. The van der Waals surface area contributed by atoms with Gasteiger partial charge in [0.25, 0.3) is 5.78 Å². The lowest BCUT2D eigenvalue weighted by Gasteiger charge is -2.24. The van der Waals surface area contributed by atoms with E-state index >= 15 is 0 Å². The molecule has 3 heterocycles. The molecule has 0 radical (unpaired) electrons. The average molecular weight is 601 g/mol. The number of carbonyl (C=O) groups excluding carboxylic acids is 2. The van der Waals surface area contributed by atoms with Crippen LogP contribution in [0.1, 0.15) is 48.1 Å². The number of aromatic nitrogens is 1. The maximum atomic E-state index is 13.8. The Kier molecular flexibility index (Phi) is 7.70. The highest BCUT2D eigenvalue weighted by Gasteiger charge is 2.48. The number of rotatable bonds is 8. The van der Waals surface area contributed by atoms with Crippen molar-refractivity contribution in [2.45, 2.75) is 39.7 Å². The molecule has 1 saturated heterocycles. The largest absolute Gasteiger partial charge is 0.507 e. The second-order valence-electron chi connectivity index (χ2n) is 10.6. The monoisotopic (exact) mass is 600 g/mol. The van der Waals surface area contributed by atoms with Crippen molar-refractivity contribution in [1.82, 2.24) is 4.98 Å². The minimum atomic E-state index is -0.978. The minimum Gasteiger partial charge on any atom is -0.507 e. The Bertz CT molecular complexity index is 1780. The predicted molar refractivity (Wildman–Crippen MR) is 165 cm³/mol. The summed E-state index contributed by atoms with van der Waals surface area (Å²) in [6.07, 6.45) is 1.87. The molecule has 1 aromatic heterocycles. The molecule has 2 aliphatic rings. The van der Waals surface area contributed by atoms with Gasteiger partial charge < -0.3 is 24.1 Å². The number of methoxy groups -OCH3 is 1. The molecule has 2 aliphatic heterocycles. The molecule has 3 aromatic carbocycles. The summed E-state index contributed by atoms with van der Waals surface area (Å²) >= 11 is 1.33. The quantitative estimate of drug-likeness (QED) is 0.106. The van der Waals surface area contributed by atoms with Gasteiger partial charge in [-0.25, -0.2) is 4.98 Å². The molecule has 6 rings (SSSR count). The number of Topliss-reactive ketones (excluding diaryl/α,β-unsaturated/α-hetero) is 1. The van der Waals surface area contributed by atoms with Gasteiger partial charge in [-0.15, -0.1) is 0 Å². The molecular formula is C33H32N2O7S. The summed E-state index contributed by atoms with van der Waals surface area (Å²) in [4.78, 5) is 33.7. The van der Waals surface area contributed by atoms with E-state index in [4.69, 9.17) is 23.9 Å². The third-order valence-electron chi connectivity index (χ3n) is 7.54. The Labute approximate surface area is 253 Å². The van der Waals surface area contributed by atoms with E-state index in [2.05, 4.69) is 6.92 Å². The Hall–Kier alpha value is -4.57. The van der Waals surface area contributed by atoms with Gasteiger partial charge in [-0.3, -0.25) is 14.5 Å². The standard InChI is InChI=1S/C33H32N2O7S/c1-5-6-11-40-22-9-7-20(16-24(22)39-4)29-27(30(36)21-8-10-23-25(17-21)42-13-12-41-23)31(37)32(38)35(29)33-34-28-19(3)14-18(2)15-26(28)43-33/h7-10,14-17,29,36H,5-6,11-13H2,1-4H3/b30-27-. The van der Waals surface area contributed by atoms with Crippen molar-refractivity contribution in [3.63, 3.8) is 0 Å². The summed E-state index contributed by atoms with van der Waals surface area (Å²) in [6.45, 7) is 7.37. The number of carbonyl (C=O) groups is 2. The number of ether oxygens (including phenoxy) is 4. The van der Waals surface area contributed by atoms with Crippen LogP contribution in [0.4, 0.5) is 5.13 Å². The van der Waals surface area contributed by atoms with Gasteiger partial charge >= 0.3 is 5.91 Å². The second kappa shape index (κ2) is 11.6. The summed E-state index contributed by atoms with van der Waals surface area (Å²) in [7, 11) is 1.54. The van der Waals surface area contributed by atoms with Gasteiger partial charge in [0.1, 0.15) is 19.0 Å². The van der Waals surface area contributed by atoms with Crippen molar-refractivity contribution in [2.75, 3.05) is 31.8 Å². The number of aryl methyl sites for hydroxylation is 2. The first kappa shape index (κ1) is 28.5. The maximum Gasteiger partial charge on any atom is 0.301 e. The lowest BCUT2D eigenvalue weighted by molar-refractivity contribution is -0.132. The number of thiazole rings is 1. The van der Waals surface area contributed by atoms with E-state index < -0.39 is 17.7 Å². The molecule has 43 heavy (non-hydrogen) atoms. The number of nitrogens with zero attached hydrogens (tertiary/aromatic N) is 2. The first-order valence-corrected chi connectivity index (χ1v) is 15.0. The summed E-state index contributed by atoms with van der Waals surface area (Å²) < 4.78 is 23.8. The van der Waals surface area contributed by atoms with E-state index in [0.29, 0.717) is 59.1 Å². The van der Waals surface area contributed by atoms with Gasteiger partial charge in [-0.05, 0) is 73.4 Å². The fourth-order valence-electron chi connectivity index (χ4n) is 5.45. The zero-order chi connectivity index (χ0) is 30.2. The summed E-state index contributed by atoms with van der Waals surface area (Å²) in [6, 6.07) is 13.3. The number of anilines is 1. The lowest BCUT2D eigenvalue weighted by atomic mass is 9.95. The Morgan fingerprint density at radius 2 is 1.84 bits per heavy atom. The topological polar surface area (TPSA) is 107 Å². The van der Waals surface area contributed by atoms with Crippen molar-refractivity contribution >= 4 is 44.1 Å². The molecule has 222 valence electrons. The average Bonchev–Trinajstić information content (AvgIpc) is 3.55. The van der Waals surface area contributed by atoms with Crippen LogP contribution in [0.2, 0.25) is 0 Å². The van der Waals surface area contributed by atoms with Crippen LogP contribution < -0.4 is 23.8 Å². The Morgan fingerprint density at radius 1 is 1.05 bits per heavy atom. The number of aliphatic hydroxyl groups is 1. The van der Waals surface area contributed by atoms with Crippen molar-refractivity contribution in [1.29, 1.82) is 0 Å². The van der Waals surface area contributed by atoms with Crippen LogP contribution in [0.3, 0.4) is 0 Å². The van der Waals surface area contributed by atoms with Crippen molar-refractivity contribution in [3.05, 3.63) is 76.4 Å². The molecule has 4 aromatic rings. The molecule has 1 atom stereocenters. The number of unbranched alkanes of at least 4 members (excludes halogenated alkanes) is 1. The highest BCUT2D eigenvalue weighted by atomic mass is 32.1. The normalized spacial score (nSPS) is 17.5. The highest BCUT2D eigenvalue weighted by molar-refractivity contribution is 7.22. The zero-order valence-corrected chi connectivity index (χ0v) is 25.2. The first-order valence-electron chi connectivity index (χ1n) is 14.2. The van der Waals surface area contributed by atoms with E-state index in [1.54, 1.807) is 36.4 Å². The molecule has 1 N–H and O–H groups in total. The fraction of sp³-hybridized carbons (Fsp3) is 0.303. The Balaban J connectivity index is 1.52. The number of aliphatic hydroxyl groups excluding tert-OH is 1. The van der Waals surface area contributed by atoms with Gasteiger partial charge in [-0.2, -0.15) is 0 Å². The van der Waals surface area contributed by atoms with Crippen molar-refractivity contribution in [3.8, 4) is 23.0 Å². The second-order valence-corrected chi connectivity index (χ2v) is 11.6. The number of amides is 1. The maximum absolute atomic E-state index is 13.8. The molecule has 0 spiro atoms. The minimum absolute atomic E-state index is 0.0597. The molecular weight excluding hydrogens is 568 g/mol. The highest BCUT2D eigenvalue weighted by Crippen LogP contribution is 2.47. The molecule has 9 nitrogen and oxygen atoms in total. The molecule has 10 heteroatoms. The van der Waals surface area contributed by atoms with Gasteiger partial charge in [0.05, 0.1) is 35.5 Å². The number of benzene rings is 3. The SMILES string of the molecule is CCCCOc1ccc(C2/C(=C(/O)c3ccc4c(c3)OCCO4)C(=O)C(=O)N2c2nc3c(C)cc(C)cc3s2)cc1OC. The number of ketones is 1. The van der Waals surface area contributed by atoms with E-state index in [1.165, 1.54) is 23.3 Å². The van der Waals surface area contributed by atoms with E-state index in [-0.39, 0.29) is 11.3 Å². The number of hydrogen-bond donors (Lipinski definition) is 1. The van der Waals surface area contributed by atoms with Crippen LogP contribution in [0, 0.1) is 13.8 Å². The first-order chi connectivity index (χ1) is 20.8. The molecule has 1 unspecified atom stereocenters. The van der Waals surface area contributed by atoms with Crippen LogP contribution in [-0.2, 0) is 9.59 Å². The van der Waals surface area contributed by atoms with Crippen LogP contribution in [0.5, 0.6) is 23.0 Å². The van der Waals surface area contributed by atoms with Crippen LogP contribution in [0.25, 0.3) is 16.0 Å². The fourth-order valence-corrected chi connectivity index (χ4v) is 6.62. The third kappa shape index (κ3) is 5.16. The molecule has 0 saturated carbocycles. The Morgan fingerprint density at radius 3 is 2.60 bits per heavy atom. The predicted octanol–water partition coefficient (Wildman–Crippen LogP) is 6.50. The van der Waals surface area contributed by atoms with E-state index in [1.807, 2.05) is 26.0 Å². The zero-order valence-electron chi connectivity index (χ0n) is 24.4. The van der Waals surface area contributed by atoms with Crippen LogP contribution >= 0.6 is 11.3 Å². The van der Waals surface area contributed by atoms with Gasteiger partial charge in [-0.1, -0.05) is 36.8 Å². The van der Waals surface area contributed by atoms with Crippen molar-refractivity contribution in [2.24, 2.45) is 0 Å². The van der Waals surface area contributed by atoms with Gasteiger partial charge in [0.15, 0.2) is 28.1 Å². The summed E-state index contributed by atoms with van der Waals surface area (Å²) in [5.41, 5.74) is 3.63. The molecule has 0 bridgehead atoms. The molecule has 0 aliphatic carbocycles. The van der Waals surface area contributed by atoms with Gasteiger partial charge in [0.2, 0.25) is 0 Å². The summed E-state index contributed by atoms with van der Waals surface area (Å²) in [5.74, 6) is 0.0882.